The second-order valence-corrected chi connectivity index (χ2v) is 6.51. The van der Waals surface area contributed by atoms with E-state index in [1.807, 2.05) is 6.92 Å². The van der Waals surface area contributed by atoms with Crippen LogP contribution in [0.4, 0.5) is 0 Å². The van der Waals surface area contributed by atoms with Crippen molar-refractivity contribution >= 4 is 23.2 Å². The first-order valence-electron chi connectivity index (χ1n) is 5.75. The molecule has 0 saturated heterocycles. The van der Waals surface area contributed by atoms with Gasteiger partial charge in [0.1, 0.15) is 4.88 Å². The molecule has 18 heavy (non-hydrogen) atoms. The van der Waals surface area contributed by atoms with Crippen molar-refractivity contribution in [3.63, 3.8) is 0 Å². The van der Waals surface area contributed by atoms with Crippen molar-refractivity contribution in [1.82, 2.24) is 4.90 Å². The van der Waals surface area contributed by atoms with E-state index in [1.54, 1.807) is 18.0 Å². The Bertz CT molecular complexity index is 459. The third-order valence-electron chi connectivity index (χ3n) is 3.18. The number of hydrogen-bond acceptors (Lipinski definition) is 3. The van der Waals surface area contributed by atoms with Crippen molar-refractivity contribution in [3.05, 3.63) is 21.9 Å². The molecule has 0 radical (unpaired) electrons. The standard InChI is InChI=1S/C13H19NO3S/c1-8(13(2,3)4)14(5)11(15)9-6-7-10(18-9)12(16)17/h6-8H,1-5H3,(H,16,17). The highest BCUT2D eigenvalue weighted by Crippen LogP contribution is 2.26. The van der Waals surface area contributed by atoms with Gasteiger partial charge in [0.05, 0.1) is 4.88 Å². The average Bonchev–Trinajstić information content (AvgIpc) is 2.74. The molecule has 1 atom stereocenters. The van der Waals surface area contributed by atoms with Crippen LogP contribution in [0.25, 0.3) is 0 Å². The number of carboxylic acid groups (broad SMARTS) is 1. The van der Waals surface area contributed by atoms with E-state index in [1.165, 1.54) is 6.07 Å². The Morgan fingerprint density at radius 3 is 2.17 bits per heavy atom. The Morgan fingerprint density at radius 1 is 1.28 bits per heavy atom. The molecule has 0 aromatic carbocycles. The topological polar surface area (TPSA) is 57.6 Å². The molecule has 0 fully saturated rings. The first-order valence-corrected chi connectivity index (χ1v) is 6.56. The zero-order chi connectivity index (χ0) is 14.1. The molecular weight excluding hydrogens is 250 g/mol. The van der Waals surface area contributed by atoms with E-state index >= 15 is 0 Å². The summed E-state index contributed by atoms with van der Waals surface area (Å²) in [4.78, 5) is 25.3. The number of carbonyl (C=O) groups is 2. The van der Waals surface area contributed by atoms with Crippen LogP contribution in [0, 0.1) is 5.41 Å². The maximum atomic E-state index is 12.2. The molecular formula is C13H19NO3S. The number of aromatic carboxylic acids is 1. The van der Waals surface area contributed by atoms with Gasteiger partial charge in [0, 0.05) is 13.1 Å². The first kappa shape index (κ1) is 14.7. The Kier molecular flexibility index (Phi) is 4.16. The zero-order valence-corrected chi connectivity index (χ0v) is 12.2. The third-order valence-corrected chi connectivity index (χ3v) is 4.24. The second-order valence-electron chi connectivity index (χ2n) is 5.43. The van der Waals surface area contributed by atoms with E-state index in [0.29, 0.717) is 4.88 Å². The van der Waals surface area contributed by atoms with E-state index in [-0.39, 0.29) is 22.2 Å². The lowest BCUT2D eigenvalue weighted by atomic mass is 9.87. The molecule has 1 unspecified atom stereocenters. The second kappa shape index (κ2) is 5.10. The lowest BCUT2D eigenvalue weighted by Crippen LogP contribution is -2.42. The zero-order valence-electron chi connectivity index (χ0n) is 11.4. The Balaban J connectivity index is 2.90. The van der Waals surface area contributed by atoms with Gasteiger partial charge in [-0.05, 0) is 24.5 Å². The lowest BCUT2D eigenvalue weighted by molar-refractivity contribution is 0.0633. The molecule has 100 valence electrons. The Morgan fingerprint density at radius 2 is 1.78 bits per heavy atom. The average molecular weight is 269 g/mol. The van der Waals surface area contributed by atoms with Crippen LogP contribution in [0.15, 0.2) is 12.1 Å². The van der Waals surface area contributed by atoms with E-state index < -0.39 is 5.97 Å². The highest BCUT2D eigenvalue weighted by molar-refractivity contribution is 7.15. The predicted molar refractivity (Wildman–Crippen MR) is 72.3 cm³/mol. The number of nitrogens with zero attached hydrogens (tertiary/aromatic N) is 1. The van der Waals surface area contributed by atoms with E-state index in [0.717, 1.165) is 11.3 Å². The van der Waals surface area contributed by atoms with Gasteiger partial charge in [-0.25, -0.2) is 4.79 Å². The van der Waals surface area contributed by atoms with Gasteiger partial charge in [0.25, 0.3) is 5.91 Å². The molecule has 0 spiro atoms. The summed E-state index contributed by atoms with van der Waals surface area (Å²) in [5.41, 5.74) is -0.0166. The van der Waals surface area contributed by atoms with E-state index in [4.69, 9.17) is 5.11 Å². The van der Waals surface area contributed by atoms with Crippen molar-refractivity contribution in [2.24, 2.45) is 5.41 Å². The van der Waals surface area contributed by atoms with Gasteiger partial charge < -0.3 is 10.0 Å². The number of rotatable bonds is 3. The van der Waals surface area contributed by atoms with Crippen molar-refractivity contribution in [1.29, 1.82) is 0 Å². The van der Waals surface area contributed by atoms with Crippen molar-refractivity contribution in [3.8, 4) is 0 Å². The number of thiophene rings is 1. The van der Waals surface area contributed by atoms with Crippen LogP contribution >= 0.6 is 11.3 Å². The summed E-state index contributed by atoms with van der Waals surface area (Å²) in [6, 6.07) is 3.11. The van der Waals surface area contributed by atoms with Crippen LogP contribution in [0.2, 0.25) is 0 Å². The van der Waals surface area contributed by atoms with Crippen LogP contribution in [0.1, 0.15) is 47.0 Å². The van der Waals surface area contributed by atoms with Crippen molar-refractivity contribution in [2.45, 2.75) is 33.7 Å². The summed E-state index contributed by atoms with van der Waals surface area (Å²) in [7, 11) is 1.75. The van der Waals surface area contributed by atoms with Gasteiger partial charge in [-0.2, -0.15) is 0 Å². The summed E-state index contributed by atoms with van der Waals surface area (Å²) in [6.07, 6.45) is 0. The Labute approximate surface area is 111 Å². The SMILES string of the molecule is CC(N(C)C(=O)c1ccc(C(=O)O)s1)C(C)(C)C. The molecule has 0 aliphatic rings. The van der Waals surface area contributed by atoms with Crippen LogP contribution < -0.4 is 0 Å². The molecule has 1 aromatic heterocycles. The smallest absolute Gasteiger partial charge is 0.345 e. The fourth-order valence-electron chi connectivity index (χ4n) is 1.50. The minimum atomic E-state index is -0.995. The summed E-state index contributed by atoms with van der Waals surface area (Å²) >= 11 is 1.01. The van der Waals surface area contributed by atoms with Gasteiger partial charge in [-0.15, -0.1) is 11.3 Å². The maximum Gasteiger partial charge on any atom is 0.345 e. The number of amides is 1. The molecule has 0 bridgehead atoms. The molecule has 1 rings (SSSR count). The highest BCUT2D eigenvalue weighted by Gasteiger charge is 2.28. The van der Waals surface area contributed by atoms with Crippen LogP contribution in [-0.2, 0) is 0 Å². The monoisotopic (exact) mass is 269 g/mol. The largest absolute Gasteiger partial charge is 0.477 e. The maximum absolute atomic E-state index is 12.2. The highest BCUT2D eigenvalue weighted by atomic mass is 32.1. The van der Waals surface area contributed by atoms with Crippen LogP contribution in [-0.4, -0.2) is 35.0 Å². The Hall–Kier alpha value is -1.36. The van der Waals surface area contributed by atoms with Gasteiger partial charge in [0.2, 0.25) is 0 Å². The molecule has 5 heteroatoms. The lowest BCUT2D eigenvalue weighted by Gasteiger charge is -2.35. The first-order chi connectivity index (χ1) is 8.14. The minimum Gasteiger partial charge on any atom is -0.477 e. The number of carboxylic acids is 1. The molecule has 1 N–H and O–H groups in total. The molecule has 0 saturated carbocycles. The summed E-state index contributed by atoms with van der Waals surface area (Å²) in [5.74, 6) is -1.12. The van der Waals surface area contributed by atoms with Crippen LogP contribution in [0.3, 0.4) is 0 Å². The van der Waals surface area contributed by atoms with E-state index in [9.17, 15) is 9.59 Å². The van der Waals surface area contributed by atoms with Crippen LogP contribution in [0.5, 0.6) is 0 Å². The summed E-state index contributed by atoms with van der Waals surface area (Å²) in [5, 5.41) is 8.84. The van der Waals surface area contributed by atoms with Crippen molar-refractivity contribution in [2.75, 3.05) is 7.05 Å². The third kappa shape index (κ3) is 3.10. The van der Waals surface area contributed by atoms with Crippen molar-refractivity contribution < 1.29 is 14.7 Å². The van der Waals surface area contributed by atoms with Gasteiger partial charge in [-0.1, -0.05) is 20.8 Å². The fraction of sp³-hybridized carbons (Fsp3) is 0.538. The molecule has 0 aliphatic carbocycles. The normalized spacial score (nSPS) is 13.2. The molecule has 4 nitrogen and oxygen atoms in total. The molecule has 0 aliphatic heterocycles. The summed E-state index contributed by atoms with van der Waals surface area (Å²) < 4.78 is 0. The summed E-state index contributed by atoms with van der Waals surface area (Å²) in [6.45, 7) is 8.19. The molecule has 1 heterocycles. The number of carbonyl (C=O) groups excluding carboxylic acids is 1. The van der Waals surface area contributed by atoms with Gasteiger partial charge in [0.15, 0.2) is 0 Å². The minimum absolute atomic E-state index is 0.0166. The van der Waals surface area contributed by atoms with Gasteiger partial charge in [-0.3, -0.25) is 4.79 Å². The van der Waals surface area contributed by atoms with E-state index in [2.05, 4.69) is 20.8 Å². The number of hydrogen-bond donors (Lipinski definition) is 1. The predicted octanol–water partition coefficient (Wildman–Crippen LogP) is 2.95. The fourth-order valence-corrected chi connectivity index (χ4v) is 2.33. The quantitative estimate of drug-likeness (QED) is 0.917. The molecule has 1 aromatic rings. The molecule has 1 amide bonds. The van der Waals surface area contributed by atoms with Gasteiger partial charge >= 0.3 is 5.97 Å².